The highest BCUT2D eigenvalue weighted by Gasteiger charge is 2.21. The van der Waals surface area contributed by atoms with Gasteiger partial charge in [-0.15, -0.1) is 0 Å². The molecule has 11 rings (SSSR count). The summed E-state index contributed by atoms with van der Waals surface area (Å²) in [5.74, 6) is 0. The minimum atomic E-state index is 0.891. The normalized spacial score (nSPS) is 13.0. The number of benzene rings is 9. The van der Waals surface area contributed by atoms with E-state index in [1.807, 2.05) is 0 Å². The third-order valence-corrected chi connectivity index (χ3v) is 11.5. The Morgan fingerprint density at radius 2 is 0.982 bits per heavy atom. The van der Waals surface area contributed by atoms with Crippen LogP contribution in [0.15, 0.2) is 199 Å². The Morgan fingerprint density at radius 1 is 0.364 bits per heavy atom. The zero-order valence-corrected chi connectivity index (χ0v) is 30.3. The van der Waals surface area contributed by atoms with E-state index in [4.69, 9.17) is 4.42 Å². The van der Waals surface area contributed by atoms with Gasteiger partial charge in [0.1, 0.15) is 11.2 Å². The van der Waals surface area contributed by atoms with Crippen LogP contribution in [0.25, 0.3) is 104 Å². The van der Waals surface area contributed by atoms with Crippen molar-refractivity contribution in [1.82, 2.24) is 0 Å². The van der Waals surface area contributed by atoms with Crippen molar-refractivity contribution < 1.29 is 4.42 Å². The summed E-state index contributed by atoms with van der Waals surface area (Å²) in [4.78, 5) is 0. The lowest BCUT2D eigenvalue weighted by molar-refractivity contribution is 0.670. The lowest BCUT2D eigenvalue weighted by atomic mass is 9.84. The molecule has 1 aliphatic carbocycles. The summed E-state index contributed by atoms with van der Waals surface area (Å²) in [7, 11) is 0. The summed E-state index contributed by atoms with van der Waals surface area (Å²) in [5.41, 5.74) is 13.9. The Kier molecular flexibility index (Phi) is 7.38. The molecule has 0 saturated heterocycles. The van der Waals surface area contributed by atoms with Crippen molar-refractivity contribution in [3.05, 3.63) is 200 Å². The minimum absolute atomic E-state index is 0.891. The quantitative estimate of drug-likeness (QED) is 0.163. The molecule has 0 radical (unpaired) electrons. The molecule has 10 aromatic rings. The maximum Gasteiger partial charge on any atom is 0.143 e. The van der Waals surface area contributed by atoms with Gasteiger partial charge in [0.25, 0.3) is 0 Å². The first-order valence-corrected chi connectivity index (χ1v) is 19.2. The van der Waals surface area contributed by atoms with E-state index in [1.54, 1.807) is 0 Å². The zero-order valence-electron chi connectivity index (χ0n) is 30.3. The van der Waals surface area contributed by atoms with Crippen molar-refractivity contribution in [3.63, 3.8) is 0 Å². The van der Waals surface area contributed by atoms with Crippen molar-refractivity contribution >= 4 is 59.8 Å². The van der Waals surface area contributed by atoms with Crippen LogP contribution in [0, 0.1) is 0 Å². The van der Waals surface area contributed by atoms with E-state index in [1.165, 1.54) is 71.3 Å². The van der Waals surface area contributed by atoms with Crippen molar-refractivity contribution in [2.24, 2.45) is 0 Å². The van der Waals surface area contributed by atoms with Gasteiger partial charge in [-0.2, -0.15) is 0 Å². The fourth-order valence-electron chi connectivity index (χ4n) is 8.91. The van der Waals surface area contributed by atoms with E-state index < -0.39 is 0 Å². The Balaban J connectivity index is 1.15. The van der Waals surface area contributed by atoms with Crippen molar-refractivity contribution in [1.29, 1.82) is 0 Å². The predicted octanol–water partition coefficient (Wildman–Crippen LogP) is 15.4. The van der Waals surface area contributed by atoms with E-state index in [-0.39, 0.29) is 0 Å². The van der Waals surface area contributed by atoms with Gasteiger partial charge in [-0.1, -0.05) is 170 Å². The molecule has 0 fully saturated rings. The molecule has 0 N–H and O–H groups in total. The molecule has 55 heavy (non-hydrogen) atoms. The van der Waals surface area contributed by atoms with Crippen LogP contribution < -0.4 is 0 Å². The summed E-state index contributed by atoms with van der Waals surface area (Å²) < 4.78 is 6.90. The lowest BCUT2D eigenvalue weighted by Gasteiger charge is -2.19. The molecule has 1 aliphatic rings. The number of furan rings is 1. The number of rotatable bonds is 5. The van der Waals surface area contributed by atoms with Gasteiger partial charge in [-0.3, -0.25) is 0 Å². The predicted molar refractivity (Wildman–Crippen MR) is 234 cm³/mol. The first-order valence-electron chi connectivity index (χ1n) is 19.2. The summed E-state index contributed by atoms with van der Waals surface area (Å²) in [6.45, 7) is 0. The molecular formula is C54H36O. The zero-order chi connectivity index (χ0) is 36.3. The maximum absolute atomic E-state index is 6.90. The second-order valence-electron chi connectivity index (χ2n) is 14.7. The van der Waals surface area contributed by atoms with Crippen LogP contribution in [-0.2, 0) is 0 Å². The molecule has 0 unspecified atom stereocenters. The number of hydrogen-bond acceptors (Lipinski definition) is 1. The fraction of sp³-hybridized carbons (Fsp3) is 0.0370. The molecule has 0 saturated carbocycles. The van der Waals surface area contributed by atoms with Crippen LogP contribution in [0.1, 0.15) is 18.4 Å². The van der Waals surface area contributed by atoms with E-state index in [0.717, 1.165) is 51.5 Å². The molecule has 258 valence electrons. The Morgan fingerprint density at radius 3 is 1.69 bits per heavy atom. The van der Waals surface area contributed by atoms with E-state index in [9.17, 15) is 0 Å². The molecule has 0 spiro atoms. The molecule has 9 aromatic carbocycles. The second kappa shape index (κ2) is 12.9. The third-order valence-electron chi connectivity index (χ3n) is 11.5. The average molecular weight is 701 g/mol. The maximum atomic E-state index is 6.90. The van der Waals surface area contributed by atoms with E-state index >= 15 is 0 Å². The summed E-state index contributed by atoms with van der Waals surface area (Å²) in [6, 6.07) is 64.3. The summed E-state index contributed by atoms with van der Waals surface area (Å²) >= 11 is 0. The van der Waals surface area contributed by atoms with E-state index in [2.05, 4.69) is 194 Å². The van der Waals surface area contributed by atoms with Gasteiger partial charge in [0, 0.05) is 16.3 Å². The van der Waals surface area contributed by atoms with Crippen LogP contribution >= 0.6 is 0 Å². The lowest BCUT2D eigenvalue weighted by Crippen LogP contribution is -1.92. The first-order chi connectivity index (χ1) is 27.3. The van der Waals surface area contributed by atoms with Gasteiger partial charge in [-0.25, -0.2) is 0 Å². The molecule has 0 bridgehead atoms. The molecule has 0 amide bonds. The summed E-state index contributed by atoms with van der Waals surface area (Å²) in [6.07, 6.45) is 9.10. The van der Waals surface area contributed by atoms with Crippen LogP contribution in [0.4, 0.5) is 0 Å². The molecular weight excluding hydrogens is 665 g/mol. The van der Waals surface area contributed by atoms with Crippen LogP contribution in [0.3, 0.4) is 0 Å². The van der Waals surface area contributed by atoms with Gasteiger partial charge in [-0.05, 0) is 120 Å². The number of hydrogen-bond donors (Lipinski definition) is 0. The van der Waals surface area contributed by atoms with Crippen LogP contribution in [0.5, 0.6) is 0 Å². The van der Waals surface area contributed by atoms with Gasteiger partial charge >= 0.3 is 0 Å². The third kappa shape index (κ3) is 5.23. The monoisotopic (exact) mass is 700 g/mol. The number of fused-ring (bicyclic) bond motifs is 6. The first kappa shape index (κ1) is 31.6. The second-order valence-corrected chi connectivity index (χ2v) is 14.7. The highest BCUT2D eigenvalue weighted by atomic mass is 16.3. The van der Waals surface area contributed by atoms with Gasteiger partial charge < -0.3 is 4.42 Å². The van der Waals surface area contributed by atoms with E-state index in [0.29, 0.717) is 0 Å². The minimum Gasteiger partial charge on any atom is -0.455 e. The highest BCUT2D eigenvalue weighted by molar-refractivity contribution is 6.23. The molecule has 1 aromatic heterocycles. The largest absolute Gasteiger partial charge is 0.455 e. The number of allylic oxidation sites excluding steroid dienone is 4. The van der Waals surface area contributed by atoms with Crippen LogP contribution in [0.2, 0.25) is 0 Å². The molecule has 0 atom stereocenters. The molecule has 1 heterocycles. The molecule has 1 heteroatoms. The van der Waals surface area contributed by atoms with Gasteiger partial charge in [0.2, 0.25) is 0 Å². The fourth-order valence-corrected chi connectivity index (χ4v) is 8.91. The van der Waals surface area contributed by atoms with Gasteiger partial charge in [0.15, 0.2) is 0 Å². The highest BCUT2D eigenvalue weighted by Crippen LogP contribution is 2.47. The Labute approximate surface area is 320 Å². The average Bonchev–Trinajstić information content (AvgIpc) is 3.63. The van der Waals surface area contributed by atoms with Crippen LogP contribution in [-0.4, -0.2) is 0 Å². The standard InChI is InChI=1S/C54H36O/c1-3-14-35(15-4-1)36-26-28-39(29-27-36)52-45-21-9-11-23-47(45)53(48-24-12-10-22-46(48)52)41-32-49(38-16-5-2-6-17-38)54-50(33-41)44-31-30-40(34-51(44)55-54)43-25-13-19-37-18-7-8-20-42(37)43/h2-3,5-34H,1,4H2. The SMILES string of the molecule is C1=CC(c2ccc(-c3c4ccccc4c(-c4cc(-c5ccccc5)c5oc6cc(-c7cccc8ccccc78)ccc6c5c4)c4ccccc34)cc2)=CCC1. The topological polar surface area (TPSA) is 13.1 Å². The van der Waals surface area contributed by atoms with Crippen molar-refractivity contribution in [2.45, 2.75) is 12.8 Å². The molecule has 1 nitrogen and oxygen atoms in total. The summed E-state index contributed by atoms with van der Waals surface area (Å²) in [5, 5.41) is 9.69. The molecule has 0 aliphatic heterocycles. The van der Waals surface area contributed by atoms with Crippen molar-refractivity contribution in [3.8, 4) is 44.5 Å². The smallest absolute Gasteiger partial charge is 0.143 e. The Bertz CT molecular complexity index is 3110. The van der Waals surface area contributed by atoms with Crippen molar-refractivity contribution in [2.75, 3.05) is 0 Å². The Hall–Kier alpha value is -6.96. The van der Waals surface area contributed by atoms with Gasteiger partial charge in [0.05, 0.1) is 0 Å².